The number of carbonyl (C=O) groups excluding carboxylic acids is 2. The smallest absolute Gasteiger partial charge is 0.247 e. The maximum Gasteiger partial charge on any atom is 0.247 e. The van der Waals surface area contributed by atoms with Crippen molar-refractivity contribution in [2.45, 2.75) is 75.7 Å². The van der Waals surface area contributed by atoms with Gasteiger partial charge in [-0.3, -0.25) is 9.59 Å². The Bertz CT molecular complexity index is 1410. The van der Waals surface area contributed by atoms with Crippen molar-refractivity contribution >= 4 is 11.8 Å². The molecule has 1 fully saturated rings. The van der Waals surface area contributed by atoms with E-state index in [0.29, 0.717) is 6.54 Å². The van der Waals surface area contributed by atoms with Crippen molar-refractivity contribution < 1.29 is 9.59 Å². The number of allylic oxidation sites excluding steroid dienone is 1. The topological polar surface area (TPSA) is 61.4 Å². The van der Waals surface area contributed by atoms with Crippen LogP contribution in [0.1, 0.15) is 80.9 Å². The molecule has 2 aliphatic carbocycles. The third kappa shape index (κ3) is 5.92. The van der Waals surface area contributed by atoms with Crippen molar-refractivity contribution in [1.82, 2.24) is 15.5 Å². The lowest BCUT2D eigenvalue weighted by molar-refractivity contribution is -0.125. The Morgan fingerprint density at radius 2 is 1.49 bits per heavy atom. The van der Waals surface area contributed by atoms with E-state index >= 15 is 0 Å². The minimum absolute atomic E-state index is 0.117. The van der Waals surface area contributed by atoms with Crippen LogP contribution >= 0.6 is 0 Å². The van der Waals surface area contributed by atoms with Gasteiger partial charge in [-0.1, -0.05) is 91.4 Å². The third-order valence-corrected chi connectivity index (χ3v) is 9.89. The van der Waals surface area contributed by atoms with Crippen LogP contribution in [-0.2, 0) is 15.0 Å². The molecule has 224 valence electrons. The molecule has 43 heavy (non-hydrogen) atoms. The van der Waals surface area contributed by atoms with Gasteiger partial charge in [0, 0.05) is 37.2 Å². The molecule has 0 aromatic heterocycles. The molecule has 3 aliphatic rings. The number of hydrogen-bond donors (Lipinski definition) is 2. The second kappa shape index (κ2) is 13.3. The Labute approximate surface area is 256 Å². The lowest BCUT2D eigenvalue weighted by Crippen LogP contribution is -2.46. The van der Waals surface area contributed by atoms with E-state index in [4.69, 9.17) is 0 Å². The zero-order valence-corrected chi connectivity index (χ0v) is 25.5. The molecule has 1 atom stereocenters. The predicted octanol–water partition coefficient (Wildman–Crippen LogP) is 6.73. The molecule has 2 N–H and O–H groups in total. The third-order valence-electron chi connectivity index (χ3n) is 9.89. The molecule has 0 saturated carbocycles. The van der Waals surface area contributed by atoms with E-state index in [9.17, 15) is 9.59 Å². The van der Waals surface area contributed by atoms with E-state index in [1.165, 1.54) is 16.7 Å². The summed E-state index contributed by atoms with van der Waals surface area (Å²) < 4.78 is 0. The molecule has 0 spiro atoms. The Morgan fingerprint density at radius 1 is 0.837 bits per heavy atom. The summed E-state index contributed by atoms with van der Waals surface area (Å²) >= 11 is 0. The highest BCUT2D eigenvalue weighted by Crippen LogP contribution is 2.51. The second-order valence-electron chi connectivity index (χ2n) is 12.5. The van der Waals surface area contributed by atoms with E-state index in [0.717, 1.165) is 87.7 Å². The first kappa shape index (κ1) is 29.4. The van der Waals surface area contributed by atoms with Crippen molar-refractivity contribution in [2.24, 2.45) is 0 Å². The van der Waals surface area contributed by atoms with Gasteiger partial charge in [0.05, 0.1) is 0 Å². The summed E-state index contributed by atoms with van der Waals surface area (Å²) in [5.41, 5.74) is 6.22. The van der Waals surface area contributed by atoms with E-state index in [2.05, 4.69) is 94.4 Å². The van der Waals surface area contributed by atoms with Gasteiger partial charge in [-0.05, 0) is 86.2 Å². The van der Waals surface area contributed by atoms with Gasteiger partial charge in [0.1, 0.15) is 5.41 Å². The van der Waals surface area contributed by atoms with Crippen LogP contribution in [-0.4, -0.2) is 48.9 Å². The summed E-state index contributed by atoms with van der Waals surface area (Å²) in [6, 6.07) is 27.6. The monoisotopic (exact) mass is 575 g/mol. The van der Waals surface area contributed by atoms with Crippen LogP contribution in [0.4, 0.5) is 0 Å². The zero-order valence-electron chi connectivity index (χ0n) is 25.5. The van der Waals surface area contributed by atoms with Crippen LogP contribution < -0.4 is 10.6 Å². The molecule has 5 heteroatoms. The largest absolute Gasteiger partial charge is 0.355 e. The summed E-state index contributed by atoms with van der Waals surface area (Å²) in [7, 11) is 0. The van der Waals surface area contributed by atoms with Crippen molar-refractivity contribution in [3.05, 3.63) is 107 Å². The molecule has 2 amide bonds. The number of fused-ring (bicyclic) bond motifs is 3. The fourth-order valence-electron chi connectivity index (χ4n) is 7.72. The number of carbonyl (C=O) groups is 2. The lowest BCUT2D eigenvalue weighted by atomic mass is 9.73. The van der Waals surface area contributed by atoms with Gasteiger partial charge in [0.2, 0.25) is 11.8 Å². The Hall–Kier alpha value is -3.70. The lowest BCUT2D eigenvalue weighted by Gasteiger charge is -2.34. The average molecular weight is 576 g/mol. The van der Waals surface area contributed by atoms with Gasteiger partial charge in [-0.15, -0.1) is 0 Å². The molecule has 1 saturated heterocycles. The normalized spacial score (nSPS) is 19.7. The number of nitrogens with one attached hydrogen (secondary N) is 2. The average Bonchev–Trinajstić information content (AvgIpc) is 3.35. The molecule has 1 unspecified atom stereocenters. The zero-order chi connectivity index (χ0) is 29.6. The molecule has 0 bridgehead atoms. The highest BCUT2D eigenvalue weighted by atomic mass is 16.2. The van der Waals surface area contributed by atoms with Crippen molar-refractivity contribution in [2.75, 3.05) is 26.2 Å². The summed E-state index contributed by atoms with van der Waals surface area (Å²) in [4.78, 5) is 29.7. The van der Waals surface area contributed by atoms with Crippen molar-refractivity contribution in [3.8, 4) is 11.1 Å². The summed E-state index contributed by atoms with van der Waals surface area (Å²) in [6.07, 6.45) is 10.1. The molecule has 1 heterocycles. The first-order valence-corrected chi connectivity index (χ1v) is 16.4. The Kier molecular flexibility index (Phi) is 9.08. The summed E-state index contributed by atoms with van der Waals surface area (Å²) in [5, 5.41) is 6.55. The minimum Gasteiger partial charge on any atom is -0.355 e. The predicted molar refractivity (Wildman–Crippen MR) is 174 cm³/mol. The number of nitrogens with zero attached hydrogens (tertiary/aromatic N) is 1. The van der Waals surface area contributed by atoms with E-state index < -0.39 is 5.41 Å². The number of unbranched alkanes of at least 4 members (excludes halogenated alkanes) is 1. The van der Waals surface area contributed by atoms with Crippen molar-refractivity contribution in [1.29, 1.82) is 0 Å². The maximum atomic E-state index is 13.8. The fraction of sp³-hybridized carbons (Fsp3) is 0.421. The van der Waals surface area contributed by atoms with Crippen LogP contribution in [0.5, 0.6) is 0 Å². The molecule has 0 radical (unpaired) electrons. The highest BCUT2D eigenvalue weighted by Gasteiger charge is 2.48. The molecular formula is C38H45N3O2. The highest BCUT2D eigenvalue weighted by molar-refractivity contribution is 6.00. The van der Waals surface area contributed by atoms with Crippen LogP contribution in [0.15, 0.2) is 90.5 Å². The number of rotatable bonds is 10. The van der Waals surface area contributed by atoms with Gasteiger partial charge < -0.3 is 15.5 Å². The van der Waals surface area contributed by atoms with Crippen molar-refractivity contribution in [3.63, 3.8) is 0 Å². The van der Waals surface area contributed by atoms with E-state index in [1.807, 2.05) is 13.0 Å². The van der Waals surface area contributed by atoms with Gasteiger partial charge in [-0.25, -0.2) is 0 Å². The number of likely N-dealkylation sites (tertiary alicyclic amines) is 1. The van der Waals surface area contributed by atoms with Crippen LogP contribution in [0.2, 0.25) is 0 Å². The van der Waals surface area contributed by atoms with Gasteiger partial charge in [0.15, 0.2) is 0 Å². The first-order valence-electron chi connectivity index (χ1n) is 16.4. The number of likely N-dealkylation sites (N-methyl/N-ethyl adjacent to an activating group) is 1. The maximum absolute atomic E-state index is 13.8. The molecule has 3 aromatic carbocycles. The Balaban J connectivity index is 1.03. The van der Waals surface area contributed by atoms with Crippen LogP contribution in [0.3, 0.4) is 0 Å². The Morgan fingerprint density at radius 3 is 2.16 bits per heavy atom. The quantitative estimate of drug-likeness (QED) is 0.264. The minimum atomic E-state index is -0.633. The molecule has 6 rings (SSSR count). The first-order chi connectivity index (χ1) is 21.1. The molecule has 1 aliphatic heterocycles. The summed E-state index contributed by atoms with van der Waals surface area (Å²) in [5.74, 6) is 0.447. The van der Waals surface area contributed by atoms with Crippen LogP contribution in [0.25, 0.3) is 11.1 Å². The fourth-order valence-corrected chi connectivity index (χ4v) is 7.72. The van der Waals surface area contributed by atoms with E-state index in [1.54, 1.807) is 0 Å². The SMILES string of the molecule is CCNC(=O)C1(CCCCN2CCC(NC(=O)C3=CCCCC3c3ccccc3)CC2)c2ccccc2-c2ccccc21. The van der Waals surface area contributed by atoms with Crippen LogP contribution in [0, 0.1) is 0 Å². The van der Waals surface area contributed by atoms with E-state index in [-0.39, 0.29) is 23.8 Å². The standard InChI is InChI=1S/C38H45N3O2/c1-2-39-37(43)38(34-20-10-8-17-31(34)32-18-9-11-21-35(32)38)24-12-13-25-41-26-22-29(23-27-41)40-36(42)33-19-7-6-16-30(33)28-14-4-3-5-15-28/h3-5,8-11,14-15,17-21,29-30H,2,6-7,12-13,16,22-27H2,1H3,(H,39,43)(H,40,42). The number of benzene rings is 3. The number of amides is 2. The molecule has 3 aromatic rings. The number of piperidine rings is 1. The van der Waals surface area contributed by atoms with Gasteiger partial charge in [-0.2, -0.15) is 0 Å². The number of hydrogen-bond acceptors (Lipinski definition) is 3. The van der Waals surface area contributed by atoms with Gasteiger partial charge >= 0.3 is 0 Å². The van der Waals surface area contributed by atoms with Gasteiger partial charge in [0.25, 0.3) is 0 Å². The summed E-state index contributed by atoms with van der Waals surface area (Å²) in [6.45, 7) is 5.65. The molecular weight excluding hydrogens is 530 g/mol. The second-order valence-corrected chi connectivity index (χ2v) is 12.5. The molecule has 5 nitrogen and oxygen atoms in total.